The molecule has 0 bridgehead atoms. The standard InChI is InChI=1S/C23H21.C13H8Cl2.C7H9.2ClH.Zr/c1-22(2)7-5-14-10-18-16(12-20(14)22)9-17-13-21-15(11-19(17)18)6-8-23(21,3)4;14-12-5-1-3-10(8-12)7-11-4-2-6-13(15)9-11;1-6-3-4-7(2)5-6;;;/h5-13H,1-4H3;1-6,8-9H;3,5,7H,1-2H3;2*1H;/q;;;;;+2/p-2. The molecule has 0 amide bonds. The zero-order chi connectivity index (χ0) is 32.1. The Morgan fingerprint density at radius 3 is 1.58 bits per heavy atom. The van der Waals surface area contributed by atoms with Crippen LogP contribution in [0.3, 0.4) is 0 Å². The maximum absolute atomic E-state index is 6.78. The average Bonchev–Trinajstić information content (AvgIpc) is 3.70. The predicted molar refractivity (Wildman–Crippen MR) is 195 cm³/mol. The third-order valence-corrected chi connectivity index (χ3v) is 19.7. The zero-order valence-corrected chi connectivity index (χ0v) is 33.5. The molecule has 4 aromatic rings. The van der Waals surface area contributed by atoms with Crippen LogP contribution >= 0.6 is 23.2 Å². The molecule has 242 valence electrons. The first-order valence-corrected chi connectivity index (χ1v) is 21.0. The van der Waals surface area contributed by atoms with Crippen LogP contribution in [0.5, 0.6) is 0 Å². The van der Waals surface area contributed by atoms with Crippen molar-refractivity contribution >= 4 is 38.6 Å². The number of benzene rings is 4. The molecule has 0 fully saturated rings. The summed E-state index contributed by atoms with van der Waals surface area (Å²) in [6.45, 7) is 14.1. The van der Waals surface area contributed by atoms with Gasteiger partial charge in [0.15, 0.2) is 0 Å². The molecule has 4 aliphatic rings. The molecule has 0 N–H and O–H groups in total. The minimum absolute atomic E-state index is 0. The molecule has 4 aromatic carbocycles. The number of halogens is 4. The average molecular weight is 788 g/mol. The van der Waals surface area contributed by atoms with Crippen molar-refractivity contribution in [2.75, 3.05) is 0 Å². The molecule has 8 rings (SSSR count). The summed E-state index contributed by atoms with van der Waals surface area (Å²) in [4.78, 5) is 0. The van der Waals surface area contributed by atoms with Gasteiger partial charge in [-0.2, -0.15) is 0 Å². The van der Waals surface area contributed by atoms with Crippen molar-refractivity contribution in [3.05, 3.63) is 161 Å². The molecule has 48 heavy (non-hydrogen) atoms. The third kappa shape index (κ3) is 5.77. The van der Waals surface area contributed by atoms with E-state index in [1.165, 1.54) is 64.4 Å². The molecule has 0 saturated carbocycles. The van der Waals surface area contributed by atoms with Crippen LogP contribution in [-0.2, 0) is 32.1 Å². The summed E-state index contributed by atoms with van der Waals surface area (Å²) in [6, 6.07) is 27.3. The van der Waals surface area contributed by atoms with Gasteiger partial charge in [-0.05, 0) is 0 Å². The van der Waals surface area contributed by atoms with Crippen LogP contribution in [0, 0.1) is 5.92 Å². The van der Waals surface area contributed by atoms with Crippen molar-refractivity contribution in [1.82, 2.24) is 0 Å². The summed E-state index contributed by atoms with van der Waals surface area (Å²) < 4.78 is 3.40. The van der Waals surface area contributed by atoms with Gasteiger partial charge >= 0.3 is 293 Å². The van der Waals surface area contributed by atoms with Crippen molar-refractivity contribution in [1.29, 1.82) is 0 Å². The Kier molecular flexibility index (Phi) is 9.50. The molecule has 0 aromatic heterocycles. The molecule has 0 aliphatic heterocycles. The van der Waals surface area contributed by atoms with Crippen LogP contribution in [0.4, 0.5) is 0 Å². The quantitative estimate of drug-likeness (QED) is 0.237. The Bertz CT molecular complexity index is 2030. The van der Waals surface area contributed by atoms with E-state index in [0.717, 1.165) is 10.0 Å². The van der Waals surface area contributed by atoms with Crippen molar-refractivity contribution in [3.63, 3.8) is 0 Å². The van der Waals surface area contributed by atoms with E-state index in [9.17, 15) is 0 Å². The maximum atomic E-state index is 6.78. The van der Waals surface area contributed by atoms with Gasteiger partial charge in [-0.1, -0.05) is 0 Å². The first-order chi connectivity index (χ1) is 21.9. The number of hydrogen-bond donors (Lipinski definition) is 0. The second kappa shape index (κ2) is 12.8. The van der Waals surface area contributed by atoms with Gasteiger partial charge in [0, 0.05) is 0 Å². The number of allylic oxidation sites excluding steroid dienone is 6. The Labute approximate surface area is 315 Å². The summed E-state index contributed by atoms with van der Waals surface area (Å²) >= 11 is 10.6. The molecule has 0 spiro atoms. The van der Waals surface area contributed by atoms with E-state index in [0.29, 0.717) is 9.54 Å². The number of rotatable bonds is 4. The van der Waals surface area contributed by atoms with Crippen LogP contribution in [0.25, 0.3) is 23.3 Å². The topological polar surface area (TPSA) is 0 Å². The van der Waals surface area contributed by atoms with Gasteiger partial charge < -0.3 is 24.8 Å². The molecule has 0 nitrogen and oxygen atoms in total. The van der Waals surface area contributed by atoms with Gasteiger partial charge in [0.25, 0.3) is 0 Å². The largest absolute Gasteiger partial charge is 1.00 e. The third-order valence-electron chi connectivity index (χ3n) is 10.6. The summed E-state index contributed by atoms with van der Waals surface area (Å²) in [5.41, 5.74) is 15.3. The second-order valence-corrected chi connectivity index (χ2v) is 21.7. The molecule has 4 aliphatic carbocycles. The van der Waals surface area contributed by atoms with E-state index in [1.54, 1.807) is 3.28 Å². The maximum Gasteiger partial charge on any atom is -1.00 e. The van der Waals surface area contributed by atoms with Crippen molar-refractivity contribution in [2.45, 2.75) is 56.0 Å². The van der Waals surface area contributed by atoms with Gasteiger partial charge in [-0.15, -0.1) is 0 Å². The van der Waals surface area contributed by atoms with Crippen LogP contribution in [0.15, 0.2) is 106 Å². The van der Waals surface area contributed by atoms with Gasteiger partial charge in [0.05, 0.1) is 0 Å². The van der Waals surface area contributed by atoms with E-state index < -0.39 is 21.3 Å². The monoisotopic (exact) mass is 784 g/mol. The first-order valence-electron chi connectivity index (χ1n) is 16.3. The summed E-state index contributed by atoms with van der Waals surface area (Å²) in [6.07, 6.45) is 14.4. The fourth-order valence-electron chi connectivity index (χ4n) is 8.31. The van der Waals surface area contributed by atoms with Gasteiger partial charge in [0.1, 0.15) is 0 Å². The smallest absolute Gasteiger partial charge is 1.00 e. The van der Waals surface area contributed by atoms with Crippen LogP contribution < -0.4 is 24.8 Å². The summed E-state index contributed by atoms with van der Waals surface area (Å²) in [5, 5.41) is 1.54. The molecule has 1 atom stereocenters. The van der Waals surface area contributed by atoms with E-state index in [1.807, 2.05) is 12.1 Å². The Hall–Kier alpha value is -2.25. The van der Waals surface area contributed by atoms with Gasteiger partial charge in [0.2, 0.25) is 0 Å². The minimum atomic E-state index is -2.98. The molecule has 0 radical (unpaired) electrons. The number of hydrogen-bond acceptors (Lipinski definition) is 0. The normalized spacial score (nSPS) is 18.4. The van der Waals surface area contributed by atoms with Crippen LogP contribution in [-0.4, -0.2) is 3.21 Å². The molecule has 1 unspecified atom stereocenters. The molecular weight excluding hydrogens is 750 g/mol. The number of fused-ring (bicyclic) bond motifs is 5. The van der Waals surface area contributed by atoms with E-state index >= 15 is 0 Å². The van der Waals surface area contributed by atoms with E-state index in [2.05, 4.69) is 139 Å². The van der Waals surface area contributed by atoms with Crippen molar-refractivity contribution in [3.8, 4) is 11.1 Å². The van der Waals surface area contributed by atoms with Gasteiger partial charge in [-0.3, -0.25) is 0 Å². The minimum Gasteiger partial charge on any atom is -1.00 e. The summed E-state index contributed by atoms with van der Waals surface area (Å²) in [5.74, 6) is 0.385. The fraction of sp³-hybridized carbons (Fsp3) is 0.233. The first kappa shape index (κ1) is 35.6. The fourth-order valence-corrected chi connectivity index (χ4v) is 18.3. The van der Waals surface area contributed by atoms with Crippen molar-refractivity contribution < 1.29 is 46.1 Å². The molecule has 0 heterocycles. The second-order valence-electron chi connectivity index (χ2n) is 14.7. The van der Waals surface area contributed by atoms with Gasteiger partial charge in [-0.25, -0.2) is 0 Å². The Morgan fingerprint density at radius 1 is 0.688 bits per heavy atom. The molecule has 0 saturated heterocycles. The van der Waals surface area contributed by atoms with Crippen LogP contribution in [0.2, 0.25) is 10.0 Å². The predicted octanol–water partition coefficient (Wildman–Crippen LogP) is 6.05. The molecular formula is C43H38Cl4Zr. The SMILES string of the molecule is CC1=CC(C)[C]([Zr+2](=[C](c2cccc(Cl)c2)c2cccc(Cl)c2)[CH]2c3cc4c(cc3-c3cc5c(cc32)C(C)(C)C=C5)C=CC4(C)C)=C1.[Cl-].[Cl-]. The zero-order valence-electron chi connectivity index (χ0n) is 28.1. The van der Waals surface area contributed by atoms with E-state index in [4.69, 9.17) is 23.2 Å². The summed E-state index contributed by atoms with van der Waals surface area (Å²) in [7, 11) is 0. The van der Waals surface area contributed by atoms with Crippen LogP contribution in [0.1, 0.15) is 89.7 Å². The van der Waals surface area contributed by atoms with E-state index in [-0.39, 0.29) is 35.6 Å². The molecule has 5 heteroatoms. The van der Waals surface area contributed by atoms with Crippen molar-refractivity contribution in [2.24, 2.45) is 5.92 Å². The Morgan fingerprint density at radius 2 is 1.17 bits per heavy atom. The Balaban J connectivity index is 0.00000201.